The molecule has 2 aromatic rings. The zero-order chi connectivity index (χ0) is 17.5. The molecule has 0 fully saturated rings. The molecule has 0 atom stereocenters. The van der Waals surface area contributed by atoms with E-state index in [-0.39, 0.29) is 17.9 Å². The summed E-state index contributed by atoms with van der Waals surface area (Å²) in [5.74, 6) is 0.458. The largest absolute Gasteiger partial charge is 0.587 e. The van der Waals surface area contributed by atoms with Crippen LogP contribution < -0.4 is 9.05 Å². The SMILES string of the molecule is O=P(OCCCC(F)(F)F)(Oc1ccccc1)Oc1ccccc1. The van der Waals surface area contributed by atoms with Crippen molar-refractivity contribution in [1.29, 1.82) is 0 Å². The minimum atomic E-state index is -4.30. The van der Waals surface area contributed by atoms with Crippen molar-refractivity contribution in [2.45, 2.75) is 19.0 Å². The molecule has 0 aliphatic carbocycles. The van der Waals surface area contributed by atoms with E-state index in [0.29, 0.717) is 0 Å². The van der Waals surface area contributed by atoms with Crippen LogP contribution in [0.15, 0.2) is 60.7 Å². The first-order valence-corrected chi connectivity index (χ1v) is 8.63. The van der Waals surface area contributed by atoms with Crippen molar-refractivity contribution in [3.63, 3.8) is 0 Å². The van der Waals surface area contributed by atoms with Crippen molar-refractivity contribution in [1.82, 2.24) is 0 Å². The van der Waals surface area contributed by atoms with Crippen molar-refractivity contribution in [2.24, 2.45) is 0 Å². The Balaban J connectivity index is 2.04. The molecular weight excluding hydrogens is 344 g/mol. The molecule has 0 aromatic heterocycles. The molecule has 0 aliphatic rings. The highest BCUT2D eigenvalue weighted by Crippen LogP contribution is 2.49. The molecular formula is C16H16F3O4P. The van der Waals surface area contributed by atoms with Gasteiger partial charge in [-0.2, -0.15) is 13.2 Å². The number of phosphoric acid groups is 1. The first kappa shape index (κ1) is 18.4. The van der Waals surface area contributed by atoms with Crippen LogP contribution in [0, 0.1) is 0 Å². The van der Waals surface area contributed by atoms with E-state index in [2.05, 4.69) is 0 Å². The Bertz CT molecular complexity index is 617. The van der Waals surface area contributed by atoms with Crippen LogP contribution in [0.5, 0.6) is 11.5 Å². The normalized spacial score (nSPS) is 12.0. The molecule has 2 rings (SSSR count). The monoisotopic (exact) mass is 360 g/mol. The number of rotatable bonds is 8. The predicted molar refractivity (Wildman–Crippen MR) is 83.0 cm³/mol. The molecule has 0 aliphatic heterocycles. The summed E-state index contributed by atoms with van der Waals surface area (Å²) in [5.41, 5.74) is 0. The average Bonchev–Trinajstić information content (AvgIpc) is 2.53. The van der Waals surface area contributed by atoms with Crippen LogP contribution in [-0.4, -0.2) is 12.8 Å². The van der Waals surface area contributed by atoms with Gasteiger partial charge in [0, 0.05) is 6.42 Å². The van der Waals surface area contributed by atoms with Gasteiger partial charge in [-0.3, -0.25) is 4.52 Å². The number of alkyl halides is 3. The van der Waals surface area contributed by atoms with Crippen LogP contribution in [0.2, 0.25) is 0 Å². The van der Waals surface area contributed by atoms with E-state index < -0.39 is 27.0 Å². The fraction of sp³-hybridized carbons (Fsp3) is 0.250. The molecule has 130 valence electrons. The third-order valence-electron chi connectivity index (χ3n) is 2.77. The number of hydrogen-bond donors (Lipinski definition) is 0. The van der Waals surface area contributed by atoms with Gasteiger partial charge in [0.25, 0.3) is 0 Å². The van der Waals surface area contributed by atoms with Crippen LogP contribution in [0.1, 0.15) is 12.8 Å². The van der Waals surface area contributed by atoms with E-state index >= 15 is 0 Å². The van der Waals surface area contributed by atoms with Gasteiger partial charge in [0.05, 0.1) is 6.61 Å². The Kier molecular flexibility index (Phi) is 6.29. The van der Waals surface area contributed by atoms with E-state index in [9.17, 15) is 17.7 Å². The van der Waals surface area contributed by atoms with Crippen molar-refractivity contribution in [3.8, 4) is 11.5 Å². The first-order chi connectivity index (χ1) is 11.4. The van der Waals surface area contributed by atoms with Crippen LogP contribution in [0.4, 0.5) is 13.2 Å². The molecule has 8 heteroatoms. The summed E-state index contributed by atoms with van der Waals surface area (Å²) in [6.07, 6.45) is -5.68. The topological polar surface area (TPSA) is 44.8 Å². The number of benzene rings is 2. The second-order valence-electron chi connectivity index (χ2n) is 4.81. The fourth-order valence-corrected chi connectivity index (χ4v) is 3.00. The number of para-hydroxylation sites is 2. The number of halogens is 3. The van der Waals surface area contributed by atoms with Gasteiger partial charge in [-0.25, -0.2) is 4.57 Å². The summed E-state index contributed by atoms with van der Waals surface area (Å²) in [6.45, 7) is -0.406. The maximum Gasteiger partial charge on any atom is 0.587 e. The van der Waals surface area contributed by atoms with Crippen LogP contribution in [0.25, 0.3) is 0 Å². The van der Waals surface area contributed by atoms with Crippen LogP contribution >= 0.6 is 7.82 Å². The van der Waals surface area contributed by atoms with Gasteiger partial charge in [0.1, 0.15) is 11.5 Å². The standard InChI is InChI=1S/C16H16F3O4P/c17-16(18,19)12-7-13-21-24(20,22-14-8-3-1-4-9-14)23-15-10-5-2-6-11-15/h1-6,8-11H,7,12-13H2. The molecule has 0 bridgehead atoms. The van der Waals surface area contributed by atoms with Gasteiger partial charge in [0.2, 0.25) is 0 Å². The minimum Gasteiger partial charge on any atom is -0.395 e. The van der Waals surface area contributed by atoms with Crippen LogP contribution in [-0.2, 0) is 9.09 Å². The van der Waals surface area contributed by atoms with Crippen molar-refractivity contribution >= 4 is 7.82 Å². The van der Waals surface area contributed by atoms with Crippen molar-refractivity contribution in [3.05, 3.63) is 60.7 Å². The van der Waals surface area contributed by atoms with Crippen LogP contribution in [0.3, 0.4) is 0 Å². The first-order valence-electron chi connectivity index (χ1n) is 7.17. The smallest absolute Gasteiger partial charge is 0.395 e. The zero-order valence-corrected chi connectivity index (χ0v) is 13.5. The average molecular weight is 360 g/mol. The van der Waals surface area contributed by atoms with E-state index in [1.807, 2.05) is 0 Å². The van der Waals surface area contributed by atoms with Gasteiger partial charge < -0.3 is 9.05 Å². The number of hydrogen-bond acceptors (Lipinski definition) is 4. The van der Waals surface area contributed by atoms with E-state index in [1.54, 1.807) is 60.7 Å². The Morgan fingerprint density at radius 2 is 1.29 bits per heavy atom. The summed E-state index contributed by atoms with van der Waals surface area (Å²) in [4.78, 5) is 0. The van der Waals surface area contributed by atoms with E-state index in [4.69, 9.17) is 13.6 Å². The molecule has 0 saturated carbocycles. The summed E-state index contributed by atoms with van der Waals surface area (Å²) < 4.78 is 64.9. The maximum absolute atomic E-state index is 12.7. The predicted octanol–water partition coefficient (Wildman–Crippen LogP) is 5.61. The molecule has 4 nitrogen and oxygen atoms in total. The molecule has 0 spiro atoms. The molecule has 0 heterocycles. The molecule has 0 N–H and O–H groups in total. The summed E-state index contributed by atoms with van der Waals surface area (Å²) in [7, 11) is -4.11. The Morgan fingerprint density at radius 1 is 0.833 bits per heavy atom. The Hall–Kier alpha value is -1.98. The quantitative estimate of drug-likeness (QED) is 0.453. The fourth-order valence-electron chi connectivity index (χ4n) is 1.74. The minimum absolute atomic E-state index is 0.229. The molecule has 0 unspecified atom stereocenters. The molecule has 0 radical (unpaired) electrons. The highest BCUT2D eigenvalue weighted by atomic mass is 31.2. The Labute approximate surface area is 137 Å². The van der Waals surface area contributed by atoms with Crippen molar-refractivity contribution < 1.29 is 31.3 Å². The summed E-state index contributed by atoms with van der Waals surface area (Å²) >= 11 is 0. The lowest BCUT2D eigenvalue weighted by Gasteiger charge is -2.19. The summed E-state index contributed by atoms with van der Waals surface area (Å²) in [5, 5.41) is 0. The zero-order valence-electron chi connectivity index (χ0n) is 12.6. The lowest BCUT2D eigenvalue weighted by molar-refractivity contribution is -0.136. The molecule has 0 amide bonds. The third-order valence-corrected chi connectivity index (χ3v) is 4.14. The van der Waals surface area contributed by atoms with Crippen molar-refractivity contribution in [2.75, 3.05) is 6.61 Å². The van der Waals surface area contributed by atoms with Gasteiger partial charge >= 0.3 is 14.0 Å². The molecule has 0 saturated heterocycles. The highest BCUT2D eigenvalue weighted by molar-refractivity contribution is 7.49. The number of phosphoric ester groups is 1. The van der Waals surface area contributed by atoms with Gasteiger partial charge in [-0.1, -0.05) is 36.4 Å². The molecule has 2 aromatic carbocycles. The Morgan fingerprint density at radius 3 is 1.71 bits per heavy atom. The van der Waals surface area contributed by atoms with Gasteiger partial charge in [0.15, 0.2) is 0 Å². The third kappa shape index (κ3) is 6.64. The highest BCUT2D eigenvalue weighted by Gasteiger charge is 2.32. The van der Waals surface area contributed by atoms with E-state index in [0.717, 1.165) is 0 Å². The van der Waals surface area contributed by atoms with Gasteiger partial charge in [-0.15, -0.1) is 0 Å². The second-order valence-corrected chi connectivity index (χ2v) is 6.33. The molecule has 24 heavy (non-hydrogen) atoms. The lowest BCUT2D eigenvalue weighted by atomic mass is 10.3. The second kappa shape index (κ2) is 8.22. The lowest BCUT2D eigenvalue weighted by Crippen LogP contribution is -2.10. The van der Waals surface area contributed by atoms with E-state index in [1.165, 1.54) is 0 Å². The summed E-state index contributed by atoms with van der Waals surface area (Å²) in [6, 6.07) is 16.3. The van der Waals surface area contributed by atoms with Gasteiger partial charge in [-0.05, 0) is 30.7 Å². The maximum atomic E-state index is 12.7.